The average Bonchev–Trinajstić information content (AvgIpc) is 2.60. The molecule has 2 aromatic heterocycles. The Labute approximate surface area is 94.9 Å². The number of aromatic nitrogens is 4. The van der Waals surface area contributed by atoms with Crippen molar-refractivity contribution in [2.24, 2.45) is 0 Å². The Bertz CT molecular complexity index is 523. The molecule has 0 saturated carbocycles. The van der Waals surface area contributed by atoms with E-state index in [2.05, 4.69) is 15.2 Å². The number of H-pyrrole nitrogens is 1. The van der Waals surface area contributed by atoms with Crippen molar-refractivity contribution in [3.63, 3.8) is 0 Å². The van der Waals surface area contributed by atoms with Crippen LogP contribution in [-0.2, 0) is 0 Å². The Morgan fingerprint density at radius 3 is 3.27 bits per heavy atom. The number of alkyl halides is 1. The van der Waals surface area contributed by atoms with Crippen LogP contribution < -0.4 is 5.69 Å². The van der Waals surface area contributed by atoms with Crippen LogP contribution >= 0.6 is 23.4 Å². The van der Waals surface area contributed by atoms with Gasteiger partial charge in [-0.1, -0.05) is 6.92 Å². The molecule has 80 valence electrons. The highest BCUT2D eigenvalue weighted by atomic mass is 35.5. The zero-order chi connectivity index (χ0) is 10.8. The van der Waals surface area contributed by atoms with Crippen LogP contribution in [0.4, 0.5) is 0 Å². The van der Waals surface area contributed by atoms with Crippen LogP contribution in [-0.4, -0.2) is 30.7 Å². The molecule has 1 N–H and O–H groups in total. The second-order valence-corrected chi connectivity index (χ2v) is 4.83. The van der Waals surface area contributed by atoms with Gasteiger partial charge in [-0.05, 0) is 0 Å². The molecule has 15 heavy (non-hydrogen) atoms. The normalized spacial score (nSPS) is 13.2. The van der Waals surface area contributed by atoms with E-state index in [1.54, 1.807) is 17.8 Å². The van der Waals surface area contributed by atoms with Crippen molar-refractivity contribution < 1.29 is 0 Å². The standard InChI is InChI=1S/C8H9ClN4OS/c1-5(3-9)15-7-2-6-11-12-8(14)13(6)4-10-7/h2,4-5H,3H2,1H3,(H,12,14). The summed E-state index contributed by atoms with van der Waals surface area (Å²) in [6.45, 7) is 2.01. The molecule has 0 amide bonds. The summed E-state index contributed by atoms with van der Waals surface area (Å²) >= 11 is 7.25. The molecule has 5 nitrogen and oxygen atoms in total. The molecule has 0 aromatic carbocycles. The second-order valence-electron chi connectivity index (χ2n) is 3.07. The van der Waals surface area contributed by atoms with Crippen LogP contribution in [0, 0.1) is 0 Å². The van der Waals surface area contributed by atoms with Crippen molar-refractivity contribution in [1.29, 1.82) is 0 Å². The van der Waals surface area contributed by atoms with E-state index < -0.39 is 0 Å². The first-order chi connectivity index (χ1) is 7.20. The van der Waals surface area contributed by atoms with Gasteiger partial charge in [0.2, 0.25) is 0 Å². The zero-order valence-electron chi connectivity index (χ0n) is 7.98. The molecule has 1 unspecified atom stereocenters. The largest absolute Gasteiger partial charge is 0.348 e. The van der Waals surface area contributed by atoms with Gasteiger partial charge in [-0.2, -0.15) is 5.10 Å². The van der Waals surface area contributed by atoms with Crippen molar-refractivity contribution >= 4 is 29.0 Å². The molecule has 2 aromatic rings. The van der Waals surface area contributed by atoms with Crippen LogP contribution in [0.25, 0.3) is 5.65 Å². The van der Waals surface area contributed by atoms with Crippen molar-refractivity contribution in [1.82, 2.24) is 19.6 Å². The van der Waals surface area contributed by atoms with Gasteiger partial charge >= 0.3 is 5.69 Å². The van der Waals surface area contributed by atoms with Gasteiger partial charge < -0.3 is 0 Å². The van der Waals surface area contributed by atoms with Gasteiger partial charge in [-0.15, -0.1) is 23.4 Å². The maximum atomic E-state index is 11.1. The molecule has 0 aliphatic carbocycles. The number of rotatable bonds is 3. The summed E-state index contributed by atoms with van der Waals surface area (Å²) in [5.41, 5.74) is 0.290. The van der Waals surface area contributed by atoms with Crippen LogP contribution in [0.3, 0.4) is 0 Å². The highest BCUT2D eigenvalue weighted by Crippen LogP contribution is 2.21. The number of hydrogen-bond acceptors (Lipinski definition) is 4. The zero-order valence-corrected chi connectivity index (χ0v) is 9.55. The summed E-state index contributed by atoms with van der Waals surface area (Å²) in [6, 6.07) is 1.76. The SMILES string of the molecule is CC(CCl)Sc1cc2n[nH]c(=O)n2cn1. The fraction of sp³-hybridized carbons (Fsp3) is 0.375. The topological polar surface area (TPSA) is 63.0 Å². The maximum Gasteiger partial charge on any atom is 0.348 e. The lowest BCUT2D eigenvalue weighted by Crippen LogP contribution is -2.09. The lowest BCUT2D eigenvalue weighted by Gasteiger charge is -2.05. The van der Waals surface area contributed by atoms with E-state index in [9.17, 15) is 4.79 Å². The van der Waals surface area contributed by atoms with Crippen LogP contribution in [0.2, 0.25) is 0 Å². The van der Waals surface area contributed by atoms with Crippen molar-refractivity contribution in [3.8, 4) is 0 Å². The molecule has 0 saturated heterocycles. The van der Waals surface area contributed by atoms with E-state index in [0.717, 1.165) is 5.03 Å². The molecular weight excluding hydrogens is 236 g/mol. The van der Waals surface area contributed by atoms with Crippen LogP contribution in [0.15, 0.2) is 22.2 Å². The summed E-state index contributed by atoms with van der Waals surface area (Å²) in [6.07, 6.45) is 1.46. The molecule has 2 rings (SSSR count). The lowest BCUT2D eigenvalue weighted by molar-refractivity contribution is 0.959. The van der Waals surface area contributed by atoms with Crippen molar-refractivity contribution in [2.75, 3.05) is 5.88 Å². The maximum absolute atomic E-state index is 11.1. The highest BCUT2D eigenvalue weighted by molar-refractivity contribution is 7.99. The van der Waals surface area contributed by atoms with E-state index in [1.807, 2.05) is 6.92 Å². The summed E-state index contributed by atoms with van der Waals surface area (Å²) in [5, 5.41) is 7.30. The lowest BCUT2D eigenvalue weighted by atomic mass is 10.6. The first-order valence-electron chi connectivity index (χ1n) is 4.36. The van der Waals surface area contributed by atoms with E-state index in [-0.39, 0.29) is 10.9 Å². The summed E-state index contributed by atoms with van der Waals surface area (Å²) in [5.74, 6) is 0.560. The number of nitrogens with one attached hydrogen (secondary N) is 1. The number of nitrogens with zero attached hydrogens (tertiary/aromatic N) is 3. The van der Waals surface area contributed by atoms with Crippen LogP contribution in [0.1, 0.15) is 6.92 Å². The Hall–Kier alpha value is -1.01. The average molecular weight is 245 g/mol. The Kier molecular flexibility index (Phi) is 2.97. The van der Waals surface area contributed by atoms with Crippen LogP contribution in [0.5, 0.6) is 0 Å². The number of halogens is 1. The molecule has 0 fully saturated rings. The predicted molar refractivity (Wildman–Crippen MR) is 59.6 cm³/mol. The van der Waals surface area contributed by atoms with Gasteiger partial charge in [0.25, 0.3) is 0 Å². The third kappa shape index (κ3) is 2.15. The number of thioether (sulfide) groups is 1. The predicted octanol–water partition coefficient (Wildman–Crippen LogP) is 1.14. The number of fused-ring (bicyclic) bond motifs is 1. The van der Waals surface area contributed by atoms with Gasteiger partial charge in [-0.3, -0.25) is 0 Å². The minimum Gasteiger partial charge on any atom is -0.246 e. The van der Waals surface area contributed by atoms with Gasteiger partial charge in [0.1, 0.15) is 11.4 Å². The molecule has 0 aliphatic rings. The van der Waals surface area contributed by atoms with E-state index in [4.69, 9.17) is 11.6 Å². The van der Waals surface area contributed by atoms with E-state index in [1.165, 1.54) is 10.7 Å². The molecular formula is C8H9ClN4OS. The summed E-state index contributed by atoms with van der Waals surface area (Å²) in [7, 11) is 0. The van der Waals surface area contributed by atoms with Crippen molar-refractivity contribution in [2.45, 2.75) is 17.2 Å². The number of aromatic amines is 1. The third-order valence-corrected chi connectivity index (χ3v) is 3.50. The summed E-state index contributed by atoms with van der Waals surface area (Å²) in [4.78, 5) is 15.3. The van der Waals surface area contributed by atoms with E-state index in [0.29, 0.717) is 11.5 Å². The van der Waals surface area contributed by atoms with Crippen molar-refractivity contribution in [3.05, 3.63) is 22.9 Å². The smallest absolute Gasteiger partial charge is 0.246 e. The molecule has 7 heteroatoms. The van der Waals surface area contributed by atoms with Gasteiger partial charge in [-0.25, -0.2) is 19.3 Å². The fourth-order valence-corrected chi connectivity index (χ4v) is 2.04. The molecule has 0 spiro atoms. The monoisotopic (exact) mass is 244 g/mol. The number of hydrogen-bond donors (Lipinski definition) is 1. The Balaban J connectivity index is 2.35. The molecule has 1 atom stereocenters. The van der Waals surface area contributed by atoms with Gasteiger partial charge in [0.05, 0.1) is 0 Å². The third-order valence-electron chi connectivity index (χ3n) is 1.82. The Morgan fingerprint density at radius 2 is 2.53 bits per heavy atom. The van der Waals surface area contributed by atoms with Gasteiger partial charge in [0.15, 0.2) is 5.65 Å². The fourth-order valence-electron chi connectivity index (χ4n) is 1.09. The van der Waals surface area contributed by atoms with E-state index >= 15 is 0 Å². The summed E-state index contributed by atoms with van der Waals surface area (Å²) < 4.78 is 1.36. The highest BCUT2D eigenvalue weighted by Gasteiger charge is 2.06. The Morgan fingerprint density at radius 1 is 1.73 bits per heavy atom. The molecule has 0 bridgehead atoms. The second kappa shape index (κ2) is 4.24. The quantitative estimate of drug-likeness (QED) is 0.500. The minimum atomic E-state index is -0.278. The molecule has 0 radical (unpaired) electrons. The first-order valence-corrected chi connectivity index (χ1v) is 5.77. The first kappa shape index (κ1) is 10.5. The van der Waals surface area contributed by atoms with Gasteiger partial charge in [0, 0.05) is 17.2 Å². The minimum absolute atomic E-state index is 0.278. The molecule has 2 heterocycles. The molecule has 0 aliphatic heterocycles.